The van der Waals surface area contributed by atoms with E-state index >= 15 is 0 Å². The predicted octanol–water partition coefficient (Wildman–Crippen LogP) is 5.54. The van der Waals surface area contributed by atoms with Crippen LogP contribution in [0.1, 0.15) is 45.4 Å². The molecular formula is C13H29ClSi. The molecule has 0 N–H and O–H groups in total. The van der Waals surface area contributed by atoms with Crippen LogP contribution in [0.5, 0.6) is 0 Å². The van der Waals surface area contributed by atoms with Gasteiger partial charge in [0.2, 0.25) is 0 Å². The summed E-state index contributed by atoms with van der Waals surface area (Å²) >= 11 is 5.66. The number of hydrogen-bond donors (Lipinski definition) is 0. The van der Waals surface area contributed by atoms with Gasteiger partial charge in [0.1, 0.15) is 0 Å². The van der Waals surface area contributed by atoms with Crippen LogP contribution in [0.15, 0.2) is 0 Å². The maximum Gasteiger partial charge on any atom is 0.0445 e. The number of rotatable bonds is 9. The van der Waals surface area contributed by atoms with Crippen molar-refractivity contribution >= 4 is 19.7 Å². The van der Waals surface area contributed by atoms with E-state index in [1.54, 1.807) is 0 Å². The molecule has 0 saturated heterocycles. The zero-order chi connectivity index (χ0) is 11.7. The molecule has 0 nitrogen and oxygen atoms in total. The minimum Gasteiger partial charge on any atom is -0.127 e. The van der Waals surface area contributed by atoms with Gasteiger partial charge in [-0.3, -0.25) is 0 Å². The first kappa shape index (κ1) is 15.5. The molecule has 0 bridgehead atoms. The van der Waals surface area contributed by atoms with E-state index in [1.165, 1.54) is 44.6 Å². The summed E-state index contributed by atoms with van der Waals surface area (Å²) < 4.78 is 0. The first-order valence-electron chi connectivity index (χ1n) is 6.55. The Labute approximate surface area is 103 Å². The van der Waals surface area contributed by atoms with E-state index in [0.29, 0.717) is 0 Å². The fraction of sp³-hybridized carbons (Fsp3) is 1.00. The van der Waals surface area contributed by atoms with E-state index in [1.807, 2.05) is 0 Å². The number of hydrogen-bond acceptors (Lipinski definition) is 0. The molecule has 0 aromatic carbocycles. The lowest BCUT2D eigenvalue weighted by Crippen LogP contribution is -2.23. The summed E-state index contributed by atoms with van der Waals surface area (Å²) in [6.45, 7) is 9.82. The molecule has 0 radical (unpaired) electrons. The first-order valence-corrected chi connectivity index (χ1v) is 10.8. The fourth-order valence-corrected chi connectivity index (χ4v) is 4.61. The maximum absolute atomic E-state index is 5.66. The minimum absolute atomic E-state index is 0.838. The van der Waals surface area contributed by atoms with Crippen LogP contribution >= 0.6 is 11.6 Å². The molecule has 0 spiro atoms. The minimum atomic E-state index is -0.838. The highest BCUT2D eigenvalue weighted by atomic mass is 35.5. The highest BCUT2D eigenvalue weighted by Gasteiger charge is 2.18. The van der Waals surface area contributed by atoms with Crippen LogP contribution in [-0.4, -0.2) is 14.0 Å². The fourth-order valence-electron chi connectivity index (χ4n) is 2.20. The van der Waals surface area contributed by atoms with Crippen molar-refractivity contribution in [2.75, 3.05) is 5.88 Å². The Morgan fingerprint density at radius 2 is 1.60 bits per heavy atom. The Bertz CT molecular complexity index is 140. The third-order valence-electron chi connectivity index (χ3n) is 2.97. The monoisotopic (exact) mass is 248 g/mol. The quantitative estimate of drug-likeness (QED) is 0.286. The molecule has 0 fully saturated rings. The number of alkyl halides is 1. The van der Waals surface area contributed by atoms with Crippen LogP contribution in [0.2, 0.25) is 25.7 Å². The standard InChI is InChI=1S/C13H29ClSi/c1-5-13(12-15(2,3)4)10-8-6-7-9-11-14/h13H,5-12H2,1-4H3. The summed E-state index contributed by atoms with van der Waals surface area (Å²) in [5.41, 5.74) is 0. The molecule has 1 atom stereocenters. The van der Waals surface area contributed by atoms with Gasteiger partial charge >= 0.3 is 0 Å². The van der Waals surface area contributed by atoms with Crippen molar-refractivity contribution in [1.82, 2.24) is 0 Å². The topological polar surface area (TPSA) is 0 Å². The summed E-state index contributed by atoms with van der Waals surface area (Å²) in [5, 5.41) is 0. The van der Waals surface area contributed by atoms with E-state index in [9.17, 15) is 0 Å². The van der Waals surface area contributed by atoms with Crippen molar-refractivity contribution < 1.29 is 0 Å². The molecule has 0 aromatic rings. The van der Waals surface area contributed by atoms with Gasteiger partial charge < -0.3 is 0 Å². The highest BCUT2D eigenvalue weighted by molar-refractivity contribution is 6.76. The number of unbranched alkanes of at least 4 members (excludes halogenated alkanes) is 3. The summed E-state index contributed by atoms with van der Waals surface area (Å²) in [4.78, 5) is 0. The van der Waals surface area contributed by atoms with Gasteiger partial charge in [-0.05, 0) is 12.3 Å². The molecule has 0 rings (SSSR count). The molecular weight excluding hydrogens is 220 g/mol. The van der Waals surface area contributed by atoms with Crippen molar-refractivity contribution in [3.05, 3.63) is 0 Å². The van der Waals surface area contributed by atoms with Gasteiger partial charge in [0.25, 0.3) is 0 Å². The van der Waals surface area contributed by atoms with Crippen LogP contribution in [0.25, 0.3) is 0 Å². The molecule has 0 saturated carbocycles. The van der Waals surface area contributed by atoms with E-state index in [2.05, 4.69) is 26.6 Å². The zero-order valence-corrected chi connectivity index (χ0v) is 12.9. The summed E-state index contributed by atoms with van der Waals surface area (Å²) in [5.74, 6) is 1.83. The third kappa shape index (κ3) is 10.8. The van der Waals surface area contributed by atoms with Gasteiger partial charge in [-0.2, -0.15) is 0 Å². The highest BCUT2D eigenvalue weighted by Crippen LogP contribution is 2.24. The summed E-state index contributed by atoms with van der Waals surface area (Å²) in [6, 6.07) is 1.51. The molecule has 0 amide bonds. The molecule has 0 aromatic heterocycles. The summed E-state index contributed by atoms with van der Waals surface area (Å²) in [6.07, 6.45) is 8.15. The molecule has 0 aliphatic carbocycles. The van der Waals surface area contributed by atoms with Crippen LogP contribution in [0.3, 0.4) is 0 Å². The van der Waals surface area contributed by atoms with Gasteiger partial charge in [-0.25, -0.2) is 0 Å². The van der Waals surface area contributed by atoms with Gasteiger partial charge in [0.05, 0.1) is 0 Å². The molecule has 15 heavy (non-hydrogen) atoms. The summed E-state index contributed by atoms with van der Waals surface area (Å²) in [7, 11) is -0.838. The molecule has 92 valence electrons. The van der Waals surface area contributed by atoms with Crippen LogP contribution < -0.4 is 0 Å². The first-order chi connectivity index (χ1) is 6.99. The lowest BCUT2D eigenvalue weighted by molar-refractivity contribution is 0.472. The largest absolute Gasteiger partial charge is 0.127 e. The van der Waals surface area contributed by atoms with E-state index in [-0.39, 0.29) is 0 Å². The smallest absolute Gasteiger partial charge is 0.0445 e. The van der Waals surface area contributed by atoms with E-state index < -0.39 is 8.07 Å². The second-order valence-corrected chi connectivity index (χ2v) is 11.8. The molecule has 2 heteroatoms. The average molecular weight is 249 g/mol. The molecule has 1 unspecified atom stereocenters. The molecule has 0 aliphatic rings. The predicted molar refractivity (Wildman–Crippen MR) is 75.7 cm³/mol. The Morgan fingerprint density at radius 3 is 2.07 bits per heavy atom. The number of halogens is 1. The van der Waals surface area contributed by atoms with Crippen LogP contribution in [0.4, 0.5) is 0 Å². The van der Waals surface area contributed by atoms with Crippen molar-refractivity contribution in [3.8, 4) is 0 Å². The SMILES string of the molecule is CCC(CCCCCCCl)C[Si](C)(C)C. The Hall–Kier alpha value is 0.507. The van der Waals surface area contributed by atoms with Crippen LogP contribution in [-0.2, 0) is 0 Å². The normalized spacial score (nSPS) is 14.2. The maximum atomic E-state index is 5.66. The second kappa shape index (κ2) is 8.64. The van der Waals surface area contributed by atoms with Crippen molar-refractivity contribution in [2.45, 2.75) is 71.1 Å². The molecule has 0 heterocycles. The lowest BCUT2D eigenvalue weighted by Gasteiger charge is -2.23. The lowest BCUT2D eigenvalue weighted by atomic mass is 10.0. The Morgan fingerprint density at radius 1 is 1.00 bits per heavy atom. The van der Waals surface area contributed by atoms with Gasteiger partial charge in [-0.15, -0.1) is 11.6 Å². The van der Waals surface area contributed by atoms with E-state index in [0.717, 1.165) is 11.8 Å². The van der Waals surface area contributed by atoms with Gasteiger partial charge in [-0.1, -0.05) is 64.7 Å². The van der Waals surface area contributed by atoms with Crippen molar-refractivity contribution in [2.24, 2.45) is 5.92 Å². The van der Waals surface area contributed by atoms with Crippen LogP contribution in [0, 0.1) is 5.92 Å². The molecule has 0 aliphatic heterocycles. The Kier molecular flexibility index (Phi) is 8.93. The average Bonchev–Trinajstić information content (AvgIpc) is 2.14. The van der Waals surface area contributed by atoms with Crippen molar-refractivity contribution in [3.63, 3.8) is 0 Å². The van der Waals surface area contributed by atoms with Crippen molar-refractivity contribution in [1.29, 1.82) is 0 Å². The van der Waals surface area contributed by atoms with Gasteiger partial charge in [0.15, 0.2) is 0 Å². The zero-order valence-electron chi connectivity index (χ0n) is 11.1. The third-order valence-corrected chi connectivity index (χ3v) is 5.04. The second-order valence-electron chi connectivity index (χ2n) is 5.93. The van der Waals surface area contributed by atoms with E-state index in [4.69, 9.17) is 11.6 Å². The Balaban J connectivity index is 3.53. The van der Waals surface area contributed by atoms with Gasteiger partial charge in [0, 0.05) is 14.0 Å².